The molecule has 0 unspecified atom stereocenters. The molecule has 11 heteroatoms. The van der Waals surface area contributed by atoms with Gasteiger partial charge in [0.1, 0.15) is 5.75 Å². The standard InChI is InChI=1S/C30H24N6O4S/c37-24-7-4-13-32-21(24)12-14-36-23-9-8-20(33-16-25(38)19-5-2-1-3-6-19)15-22(23)34-30(36)35-29(39)28-11-10-27(41-28)26-17-31-18-40-26/h1-11,13,15,17-18,33,37H,12,14,16H2,(H,34,35,39). The van der Waals surface area contributed by atoms with Crippen LogP contribution in [0.15, 0.2) is 96.0 Å². The molecule has 0 radical (unpaired) electrons. The van der Waals surface area contributed by atoms with Crippen molar-refractivity contribution in [3.05, 3.63) is 108 Å². The molecule has 2 aromatic carbocycles. The minimum Gasteiger partial charge on any atom is -0.506 e. The van der Waals surface area contributed by atoms with Crippen molar-refractivity contribution in [1.82, 2.24) is 19.5 Å². The smallest absolute Gasteiger partial charge is 0.268 e. The van der Waals surface area contributed by atoms with Crippen molar-refractivity contribution in [2.24, 2.45) is 0 Å². The average molecular weight is 565 g/mol. The summed E-state index contributed by atoms with van der Waals surface area (Å²) in [7, 11) is 0. The molecule has 0 aliphatic heterocycles. The van der Waals surface area contributed by atoms with Gasteiger partial charge in [-0.2, -0.15) is 0 Å². The van der Waals surface area contributed by atoms with Gasteiger partial charge < -0.3 is 19.4 Å². The molecule has 204 valence electrons. The third kappa shape index (κ3) is 5.70. The number of anilines is 2. The molecule has 0 atom stereocenters. The molecule has 3 N–H and O–H groups in total. The lowest BCUT2D eigenvalue weighted by Gasteiger charge is -2.11. The second kappa shape index (κ2) is 11.4. The molecule has 0 saturated carbocycles. The minimum absolute atomic E-state index is 0.0278. The van der Waals surface area contributed by atoms with E-state index in [1.807, 2.05) is 47.0 Å². The number of oxazole rings is 1. The highest BCUT2D eigenvalue weighted by molar-refractivity contribution is 7.17. The van der Waals surface area contributed by atoms with Gasteiger partial charge in [-0.05, 0) is 42.5 Å². The fraction of sp³-hybridized carbons (Fsp3) is 0.100. The number of pyridine rings is 1. The van der Waals surface area contributed by atoms with Crippen molar-refractivity contribution in [3.8, 4) is 16.4 Å². The number of aromatic nitrogens is 4. The van der Waals surface area contributed by atoms with Gasteiger partial charge in [0.05, 0.1) is 39.2 Å². The molecular weight excluding hydrogens is 540 g/mol. The number of fused-ring (bicyclic) bond motifs is 1. The summed E-state index contributed by atoms with van der Waals surface area (Å²) in [5, 5.41) is 16.3. The summed E-state index contributed by atoms with van der Waals surface area (Å²) in [5.74, 6) is 0.704. The lowest BCUT2D eigenvalue weighted by atomic mass is 10.1. The largest absolute Gasteiger partial charge is 0.506 e. The van der Waals surface area contributed by atoms with Crippen LogP contribution < -0.4 is 10.6 Å². The quantitative estimate of drug-likeness (QED) is 0.182. The Kier molecular flexibility index (Phi) is 7.25. The van der Waals surface area contributed by atoms with E-state index in [4.69, 9.17) is 9.40 Å². The molecule has 4 heterocycles. The van der Waals surface area contributed by atoms with Crippen LogP contribution in [0.25, 0.3) is 21.7 Å². The first-order valence-corrected chi connectivity index (χ1v) is 13.6. The zero-order valence-corrected chi connectivity index (χ0v) is 22.5. The van der Waals surface area contributed by atoms with E-state index >= 15 is 0 Å². The van der Waals surface area contributed by atoms with Crippen LogP contribution in [0, 0.1) is 0 Å². The first-order chi connectivity index (χ1) is 20.0. The number of rotatable bonds is 10. The molecule has 41 heavy (non-hydrogen) atoms. The molecule has 6 aromatic rings. The number of hydrogen-bond acceptors (Lipinski definition) is 9. The second-order valence-electron chi connectivity index (χ2n) is 9.14. The van der Waals surface area contributed by atoms with E-state index in [1.54, 1.807) is 42.7 Å². The van der Waals surface area contributed by atoms with Crippen LogP contribution in [-0.4, -0.2) is 42.9 Å². The number of benzene rings is 2. The van der Waals surface area contributed by atoms with E-state index < -0.39 is 0 Å². The monoisotopic (exact) mass is 564 g/mol. The zero-order chi connectivity index (χ0) is 28.2. The number of imidazole rings is 1. The van der Waals surface area contributed by atoms with Gasteiger partial charge in [-0.3, -0.25) is 19.9 Å². The highest BCUT2D eigenvalue weighted by Crippen LogP contribution is 2.29. The number of Topliss-reactive ketones (excluding diaryl/α,β-unsaturated/α-hetero) is 1. The normalized spacial score (nSPS) is 11.0. The Bertz CT molecular complexity index is 1830. The maximum absolute atomic E-state index is 13.2. The Balaban J connectivity index is 1.26. The van der Waals surface area contributed by atoms with Crippen molar-refractivity contribution in [1.29, 1.82) is 0 Å². The van der Waals surface area contributed by atoms with E-state index in [1.165, 1.54) is 17.7 Å². The number of nitrogens with zero attached hydrogens (tertiary/aromatic N) is 4. The topological polar surface area (TPSA) is 135 Å². The van der Waals surface area contributed by atoms with Crippen molar-refractivity contribution < 1.29 is 19.1 Å². The first kappa shape index (κ1) is 26.0. The van der Waals surface area contributed by atoms with E-state index in [9.17, 15) is 14.7 Å². The molecule has 0 fully saturated rings. The zero-order valence-electron chi connectivity index (χ0n) is 21.7. The number of nitrogens with one attached hydrogen (secondary N) is 2. The lowest BCUT2D eigenvalue weighted by Crippen LogP contribution is -2.15. The van der Waals surface area contributed by atoms with Crippen LogP contribution in [-0.2, 0) is 13.0 Å². The number of aryl methyl sites for hydroxylation is 2. The molecule has 0 saturated heterocycles. The van der Waals surface area contributed by atoms with Gasteiger partial charge in [-0.1, -0.05) is 30.3 Å². The van der Waals surface area contributed by atoms with Crippen LogP contribution in [0.4, 0.5) is 11.6 Å². The fourth-order valence-corrected chi connectivity index (χ4v) is 5.26. The van der Waals surface area contributed by atoms with E-state index in [-0.39, 0.29) is 24.0 Å². The minimum atomic E-state index is -0.315. The molecule has 1 amide bonds. The number of amides is 1. The molecular formula is C30H24N6O4S. The molecule has 4 aromatic heterocycles. The van der Waals surface area contributed by atoms with Crippen molar-refractivity contribution in [2.45, 2.75) is 13.0 Å². The Morgan fingerprint density at radius 3 is 2.71 bits per heavy atom. The maximum Gasteiger partial charge on any atom is 0.268 e. The number of aromatic hydroxyl groups is 1. The fourth-order valence-electron chi connectivity index (χ4n) is 4.40. The van der Waals surface area contributed by atoms with E-state index in [0.29, 0.717) is 46.3 Å². The second-order valence-corrected chi connectivity index (χ2v) is 10.2. The summed E-state index contributed by atoms with van der Waals surface area (Å²) < 4.78 is 7.22. The van der Waals surface area contributed by atoms with Crippen molar-refractivity contribution in [3.63, 3.8) is 0 Å². The molecule has 0 bridgehead atoms. The van der Waals surface area contributed by atoms with Gasteiger partial charge >= 0.3 is 0 Å². The van der Waals surface area contributed by atoms with Gasteiger partial charge in [-0.25, -0.2) is 9.97 Å². The van der Waals surface area contributed by atoms with Crippen LogP contribution in [0.5, 0.6) is 5.75 Å². The Labute approximate surface area is 238 Å². The highest BCUT2D eigenvalue weighted by atomic mass is 32.1. The molecule has 0 spiro atoms. The number of thiophene rings is 1. The van der Waals surface area contributed by atoms with Crippen LogP contribution in [0.2, 0.25) is 0 Å². The lowest BCUT2D eigenvalue weighted by molar-refractivity contribution is 0.100. The van der Waals surface area contributed by atoms with Gasteiger partial charge in [0.25, 0.3) is 5.91 Å². The Hall–Kier alpha value is -5.29. The average Bonchev–Trinajstić information content (AvgIpc) is 3.76. The summed E-state index contributed by atoms with van der Waals surface area (Å²) in [5.41, 5.74) is 3.31. The molecule has 6 rings (SSSR count). The van der Waals surface area contributed by atoms with E-state index in [2.05, 4.69) is 20.6 Å². The van der Waals surface area contributed by atoms with E-state index in [0.717, 1.165) is 16.1 Å². The molecule has 0 aliphatic carbocycles. The maximum atomic E-state index is 13.2. The van der Waals surface area contributed by atoms with Crippen molar-refractivity contribution >= 4 is 45.7 Å². The van der Waals surface area contributed by atoms with Gasteiger partial charge in [0, 0.05) is 30.4 Å². The highest BCUT2D eigenvalue weighted by Gasteiger charge is 2.18. The van der Waals surface area contributed by atoms with Crippen LogP contribution >= 0.6 is 11.3 Å². The summed E-state index contributed by atoms with van der Waals surface area (Å²) in [4.78, 5) is 40.0. The summed E-state index contributed by atoms with van der Waals surface area (Å²) >= 11 is 1.28. The van der Waals surface area contributed by atoms with Crippen LogP contribution in [0.3, 0.4) is 0 Å². The summed E-state index contributed by atoms with van der Waals surface area (Å²) in [6, 6.07) is 21.5. The predicted octanol–water partition coefficient (Wildman–Crippen LogP) is 5.64. The van der Waals surface area contributed by atoms with Gasteiger partial charge in [0.15, 0.2) is 17.9 Å². The molecule has 0 aliphatic rings. The predicted molar refractivity (Wildman–Crippen MR) is 156 cm³/mol. The van der Waals surface area contributed by atoms with Gasteiger partial charge in [-0.15, -0.1) is 11.3 Å². The molecule has 10 nitrogen and oxygen atoms in total. The number of ketones is 1. The third-order valence-electron chi connectivity index (χ3n) is 6.47. The summed E-state index contributed by atoms with van der Waals surface area (Å²) in [6.45, 7) is 0.536. The number of hydrogen-bond donors (Lipinski definition) is 3. The summed E-state index contributed by atoms with van der Waals surface area (Å²) in [6.07, 6.45) is 4.98. The first-order valence-electron chi connectivity index (χ1n) is 12.8. The van der Waals surface area contributed by atoms with Crippen molar-refractivity contribution in [2.75, 3.05) is 17.2 Å². The third-order valence-corrected chi connectivity index (χ3v) is 7.56. The number of carbonyl (C=O) groups is 2. The SMILES string of the molecule is O=C(CNc1ccc2c(c1)nc(NC(=O)c1ccc(-c3cnco3)s1)n2CCc1ncccc1O)c1ccccc1. The Morgan fingerprint density at radius 2 is 1.90 bits per heavy atom. The van der Waals surface area contributed by atoms with Crippen LogP contribution in [0.1, 0.15) is 25.7 Å². The number of carbonyl (C=O) groups excluding carboxylic acids is 2. The van der Waals surface area contributed by atoms with Gasteiger partial charge in [0.2, 0.25) is 5.95 Å². The Morgan fingerprint density at radius 1 is 1.02 bits per heavy atom.